The fourth-order valence-corrected chi connectivity index (χ4v) is 1.50. The summed E-state index contributed by atoms with van der Waals surface area (Å²) >= 11 is 0. The number of nitrogen functional groups attached to an aromatic ring is 1. The fraction of sp³-hybridized carbons (Fsp3) is 0.167. The first kappa shape index (κ1) is 11.2. The van der Waals surface area contributed by atoms with E-state index in [-0.39, 0.29) is 5.91 Å². The molecule has 88 valence electrons. The summed E-state index contributed by atoms with van der Waals surface area (Å²) in [6, 6.07) is 7.15. The van der Waals surface area contributed by atoms with Crippen molar-refractivity contribution in [2.45, 2.75) is 6.92 Å². The van der Waals surface area contributed by atoms with E-state index in [9.17, 15) is 4.79 Å². The van der Waals surface area contributed by atoms with Gasteiger partial charge in [0.05, 0.1) is 11.4 Å². The van der Waals surface area contributed by atoms with Crippen molar-refractivity contribution in [2.24, 2.45) is 7.05 Å². The molecule has 0 bridgehead atoms. The van der Waals surface area contributed by atoms with Gasteiger partial charge in [-0.1, -0.05) is 6.07 Å². The standard InChI is InChI=1S/C12H14N4O/c1-8-3-4-9(13)11(7-8)14-12(17)10-5-6-16(2)15-10/h3-7H,13H2,1-2H3,(H,14,17). The summed E-state index contributed by atoms with van der Waals surface area (Å²) in [5.74, 6) is -0.261. The fourth-order valence-electron chi connectivity index (χ4n) is 1.50. The zero-order chi connectivity index (χ0) is 12.4. The van der Waals surface area contributed by atoms with Crippen LogP contribution in [-0.2, 0) is 7.05 Å². The lowest BCUT2D eigenvalue weighted by atomic mass is 10.2. The predicted molar refractivity (Wildman–Crippen MR) is 66.8 cm³/mol. The van der Waals surface area contributed by atoms with Gasteiger partial charge in [-0.05, 0) is 30.7 Å². The minimum atomic E-state index is -0.261. The third-order valence-corrected chi connectivity index (χ3v) is 2.40. The number of benzene rings is 1. The number of nitrogens with one attached hydrogen (secondary N) is 1. The van der Waals surface area contributed by atoms with Crippen molar-refractivity contribution in [3.05, 3.63) is 41.7 Å². The Morgan fingerprint density at radius 2 is 2.18 bits per heavy atom. The van der Waals surface area contributed by atoms with Gasteiger partial charge in [-0.25, -0.2) is 0 Å². The molecule has 0 spiro atoms. The number of anilines is 2. The molecule has 0 aliphatic carbocycles. The van der Waals surface area contributed by atoms with Crippen LogP contribution in [0.25, 0.3) is 0 Å². The second-order valence-electron chi connectivity index (χ2n) is 3.92. The Bertz CT molecular complexity index is 559. The van der Waals surface area contributed by atoms with Crippen molar-refractivity contribution in [1.29, 1.82) is 0 Å². The van der Waals surface area contributed by atoms with Gasteiger partial charge in [-0.15, -0.1) is 0 Å². The molecule has 0 saturated heterocycles. The maximum atomic E-state index is 11.8. The largest absolute Gasteiger partial charge is 0.397 e. The smallest absolute Gasteiger partial charge is 0.276 e. The molecule has 5 heteroatoms. The number of rotatable bonds is 2. The first-order valence-corrected chi connectivity index (χ1v) is 5.23. The zero-order valence-electron chi connectivity index (χ0n) is 9.77. The van der Waals surface area contributed by atoms with Crippen molar-refractivity contribution in [3.63, 3.8) is 0 Å². The van der Waals surface area contributed by atoms with Gasteiger partial charge in [0, 0.05) is 13.2 Å². The number of hydrogen-bond donors (Lipinski definition) is 2. The molecule has 2 rings (SSSR count). The summed E-state index contributed by atoms with van der Waals surface area (Å²) in [5, 5.41) is 6.76. The Morgan fingerprint density at radius 1 is 1.41 bits per heavy atom. The summed E-state index contributed by atoms with van der Waals surface area (Å²) in [6.45, 7) is 1.94. The summed E-state index contributed by atoms with van der Waals surface area (Å²) in [6.07, 6.45) is 1.72. The molecular formula is C12H14N4O. The van der Waals surface area contributed by atoms with Crippen LogP contribution >= 0.6 is 0 Å². The second-order valence-corrected chi connectivity index (χ2v) is 3.92. The topological polar surface area (TPSA) is 72.9 Å². The average Bonchev–Trinajstić information content (AvgIpc) is 2.70. The van der Waals surface area contributed by atoms with Crippen LogP contribution in [0.1, 0.15) is 16.1 Å². The molecule has 0 aliphatic heterocycles. The molecule has 1 aromatic heterocycles. The van der Waals surface area contributed by atoms with Gasteiger partial charge < -0.3 is 11.1 Å². The quantitative estimate of drug-likeness (QED) is 0.769. The van der Waals surface area contributed by atoms with Crippen LogP contribution in [0, 0.1) is 6.92 Å². The van der Waals surface area contributed by atoms with Crippen LogP contribution in [0.5, 0.6) is 0 Å². The normalized spacial score (nSPS) is 10.2. The monoisotopic (exact) mass is 230 g/mol. The summed E-state index contributed by atoms with van der Waals surface area (Å²) in [5.41, 5.74) is 8.34. The van der Waals surface area contributed by atoms with Crippen LogP contribution in [-0.4, -0.2) is 15.7 Å². The molecule has 0 aliphatic rings. The van der Waals surface area contributed by atoms with Gasteiger partial charge in [-0.2, -0.15) is 5.10 Å². The number of aryl methyl sites for hydroxylation is 2. The van der Waals surface area contributed by atoms with Gasteiger partial charge in [0.2, 0.25) is 0 Å². The first-order valence-electron chi connectivity index (χ1n) is 5.23. The Labute approximate surface area is 99.2 Å². The molecule has 1 heterocycles. The lowest BCUT2D eigenvalue weighted by molar-refractivity contribution is 0.102. The molecule has 0 atom stereocenters. The van der Waals surface area contributed by atoms with Crippen LogP contribution < -0.4 is 11.1 Å². The molecule has 17 heavy (non-hydrogen) atoms. The number of aromatic nitrogens is 2. The van der Waals surface area contributed by atoms with E-state index in [4.69, 9.17) is 5.73 Å². The van der Waals surface area contributed by atoms with Crippen LogP contribution in [0.4, 0.5) is 11.4 Å². The Balaban J connectivity index is 2.21. The number of amides is 1. The number of hydrogen-bond acceptors (Lipinski definition) is 3. The number of nitrogens with two attached hydrogens (primary N) is 1. The van der Waals surface area contributed by atoms with E-state index in [0.717, 1.165) is 5.56 Å². The third kappa shape index (κ3) is 2.44. The number of carbonyl (C=O) groups is 1. The summed E-state index contributed by atoms with van der Waals surface area (Å²) in [4.78, 5) is 11.8. The van der Waals surface area contributed by atoms with Crippen molar-refractivity contribution in [2.75, 3.05) is 11.1 Å². The van der Waals surface area contributed by atoms with Gasteiger partial charge in [0.25, 0.3) is 5.91 Å². The SMILES string of the molecule is Cc1ccc(N)c(NC(=O)c2ccn(C)n2)c1. The Kier molecular flexibility index (Phi) is 2.82. The van der Waals surface area contributed by atoms with Crippen molar-refractivity contribution in [1.82, 2.24) is 9.78 Å². The highest BCUT2D eigenvalue weighted by Gasteiger charge is 2.10. The molecule has 0 unspecified atom stereocenters. The first-order chi connectivity index (χ1) is 8.06. The van der Waals surface area contributed by atoms with E-state index in [0.29, 0.717) is 17.1 Å². The van der Waals surface area contributed by atoms with Crippen molar-refractivity contribution >= 4 is 17.3 Å². The highest BCUT2D eigenvalue weighted by Crippen LogP contribution is 2.20. The Hall–Kier alpha value is -2.30. The zero-order valence-corrected chi connectivity index (χ0v) is 9.77. The van der Waals surface area contributed by atoms with Crippen LogP contribution in [0.3, 0.4) is 0 Å². The minimum Gasteiger partial charge on any atom is -0.397 e. The molecule has 0 saturated carbocycles. The highest BCUT2D eigenvalue weighted by atomic mass is 16.1. The van der Waals surface area contributed by atoms with Crippen molar-refractivity contribution < 1.29 is 4.79 Å². The van der Waals surface area contributed by atoms with Crippen LogP contribution in [0.15, 0.2) is 30.5 Å². The lowest BCUT2D eigenvalue weighted by Gasteiger charge is -2.07. The third-order valence-electron chi connectivity index (χ3n) is 2.40. The van der Waals surface area contributed by atoms with E-state index in [1.54, 1.807) is 30.1 Å². The molecule has 0 radical (unpaired) electrons. The lowest BCUT2D eigenvalue weighted by Crippen LogP contribution is -2.14. The average molecular weight is 230 g/mol. The maximum absolute atomic E-state index is 11.8. The molecule has 1 amide bonds. The molecule has 3 N–H and O–H groups in total. The maximum Gasteiger partial charge on any atom is 0.276 e. The van der Waals surface area contributed by atoms with Gasteiger partial charge in [0.1, 0.15) is 0 Å². The van der Waals surface area contributed by atoms with Gasteiger partial charge in [0.15, 0.2) is 5.69 Å². The molecule has 2 aromatic rings. The predicted octanol–water partition coefficient (Wildman–Crippen LogP) is 1.56. The van der Waals surface area contributed by atoms with E-state index in [1.807, 2.05) is 19.1 Å². The highest BCUT2D eigenvalue weighted by molar-refractivity contribution is 6.04. The molecule has 1 aromatic carbocycles. The van der Waals surface area contributed by atoms with E-state index in [2.05, 4.69) is 10.4 Å². The number of nitrogens with zero attached hydrogens (tertiary/aromatic N) is 2. The number of carbonyl (C=O) groups excluding carboxylic acids is 1. The second kappa shape index (κ2) is 4.29. The Morgan fingerprint density at radius 3 is 2.82 bits per heavy atom. The van der Waals surface area contributed by atoms with E-state index in [1.165, 1.54) is 0 Å². The molecule has 5 nitrogen and oxygen atoms in total. The van der Waals surface area contributed by atoms with Crippen molar-refractivity contribution in [3.8, 4) is 0 Å². The summed E-state index contributed by atoms with van der Waals surface area (Å²) < 4.78 is 1.58. The minimum absolute atomic E-state index is 0.261. The van der Waals surface area contributed by atoms with Gasteiger partial charge in [-0.3, -0.25) is 9.48 Å². The van der Waals surface area contributed by atoms with E-state index >= 15 is 0 Å². The van der Waals surface area contributed by atoms with E-state index < -0.39 is 0 Å². The van der Waals surface area contributed by atoms with Gasteiger partial charge >= 0.3 is 0 Å². The molecular weight excluding hydrogens is 216 g/mol. The molecule has 0 fully saturated rings. The summed E-state index contributed by atoms with van der Waals surface area (Å²) in [7, 11) is 1.76. The van der Waals surface area contributed by atoms with Crippen LogP contribution in [0.2, 0.25) is 0 Å².